The number of hydrogen-bond donors (Lipinski definition) is 2. The molecule has 4 nitrogen and oxygen atoms in total. The van der Waals surface area contributed by atoms with E-state index in [1.807, 2.05) is 20.8 Å². The van der Waals surface area contributed by atoms with Gasteiger partial charge in [-0.3, -0.25) is 0 Å². The van der Waals surface area contributed by atoms with E-state index >= 15 is 0 Å². The Labute approximate surface area is 133 Å². The predicted molar refractivity (Wildman–Crippen MR) is 89.0 cm³/mol. The molecule has 1 aliphatic rings. The van der Waals surface area contributed by atoms with Gasteiger partial charge in [0.05, 0.1) is 0 Å². The van der Waals surface area contributed by atoms with Crippen LogP contribution in [-0.4, -0.2) is 24.8 Å². The van der Waals surface area contributed by atoms with Crippen molar-refractivity contribution in [3.63, 3.8) is 0 Å². The molecule has 1 fully saturated rings. The molecule has 2 N–H and O–H groups in total. The molecule has 1 amide bonds. The Morgan fingerprint density at radius 1 is 1.27 bits per heavy atom. The number of benzene rings is 1. The summed E-state index contributed by atoms with van der Waals surface area (Å²) in [5, 5.41) is 6.19. The Morgan fingerprint density at radius 2 is 2.05 bits per heavy atom. The van der Waals surface area contributed by atoms with Crippen LogP contribution >= 0.6 is 0 Å². The maximum absolute atomic E-state index is 11.5. The molecule has 1 saturated carbocycles. The molecule has 1 aromatic rings. The smallest absolute Gasteiger partial charge is 0.407 e. The fourth-order valence-corrected chi connectivity index (χ4v) is 2.32. The van der Waals surface area contributed by atoms with Crippen molar-refractivity contribution in [2.24, 2.45) is 0 Å². The average molecular weight is 304 g/mol. The van der Waals surface area contributed by atoms with Crippen LogP contribution < -0.4 is 10.6 Å². The number of nitrogens with one attached hydrogen (secondary N) is 2. The Bertz CT molecular complexity index is 490. The molecule has 0 aliphatic heterocycles. The summed E-state index contributed by atoms with van der Waals surface area (Å²) in [6.45, 7) is 7.98. The van der Waals surface area contributed by atoms with Gasteiger partial charge < -0.3 is 15.4 Å². The summed E-state index contributed by atoms with van der Waals surface area (Å²) in [6.07, 6.45) is 3.23. The number of rotatable bonds is 7. The van der Waals surface area contributed by atoms with Gasteiger partial charge in [0.2, 0.25) is 0 Å². The molecule has 122 valence electrons. The lowest BCUT2D eigenvalue weighted by atomic mass is 10.1. The summed E-state index contributed by atoms with van der Waals surface area (Å²) >= 11 is 0. The van der Waals surface area contributed by atoms with Crippen LogP contribution in [0.1, 0.15) is 57.1 Å². The van der Waals surface area contributed by atoms with Crippen molar-refractivity contribution in [1.29, 1.82) is 0 Å². The van der Waals surface area contributed by atoms with E-state index < -0.39 is 5.60 Å². The molecule has 1 aromatic carbocycles. The summed E-state index contributed by atoms with van der Waals surface area (Å²) in [4.78, 5) is 11.5. The monoisotopic (exact) mass is 304 g/mol. The van der Waals surface area contributed by atoms with E-state index in [0.29, 0.717) is 6.54 Å². The number of ether oxygens (including phenoxy) is 1. The van der Waals surface area contributed by atoms with Gasteiger partial charge in [-0.25, -0.2) is 4.79 Å². The van der Waals surface area contributed by atoms with Crippen molar-refractivity contribution in [1.82, 2.24) is 10.6 Å². The van der Waals surface area contributed by atoms with Crippen LogP contribution in [0.15, 0.2) is 24.3 Å². The second kappa shape index (κ2) is 7.63. The van der Waals surface area contributed by atoms with E-state index in [9.17, 15) is 4.79 Å². The molecule has 0 radical (unpaired) electrons. The predicted octanol–water partition coefficient (Wildman–Crippen LogP) is 3.57. The third-order valence-electron chi connectivity index (χ3n) is 3.53. The molecule has 22 heavy (non-hydrogen) atoms. The van der Waals surface area contributed by atoms with Gasteiger partial charge in [0.15, 0.2) is 0 Å². The summed E-state index contributed by atoms with van der Waals surface area (Å²) in [7, 11) is 0. The number of hydrogen-bond acceptors (Lipinski definition) is 3. The van der Waals surface area contributed by atoms with Crippen LogP contribution in [0.25, 0.3) is 0 Å². The fraction of sp³-hybridized carbons (Fsp3) is 0.611. The van der Waals surface area contributed by atoms with E-state index in [-0.39, 0.29) is 6.09 Å². The first-order valence-corrected chi connectivity index (χ1v) is 8.20. The van der Waals surface area contributed by atoms with Gasteiger partial charge in [-0.15, -0.1) is 0 Å². The minimum atomic E-state index is -0.436. The topological polar surface area (TPSA) is 50.4 Å². The van der Waals surface area contributed by atoms with Crippen molar-refractivity contribution in [2.75, 3.05) is 13.1 Å². The van der Waals surface area contributed by atoms with Crippen molar-refractivity contribution < 1.29 is 9.53 Å². The molecule has 1 aliphatic carbocycles. The molecule has 0 bridgehead atoms. The van der Waals surface area contributed by atoms with Crippen LogP contribution in [0.4, 0.5) is 4.79 Å². The average Bonchev–Trinajstić information content (AvgIpc) is 3.25. The molecular formula is C18H28N2O2. The molecule has 0 heterocycles. The lowest BCUT2D eigenvalue weighted by Gasteiger charge is -2.19. The van der Waals surface area contributed by atoms with E-state index in [2.05, 4.69) is 34.9 Å². The van der Waals surface area contributed by atoms with Gasteiger partial charge in [-0.1, -0.05) is 24.3 Å². The normalized spacial score (nSPS) is 14.7. The quantitative estimate of drug-likeness (QED) is 0.757. The van der Waals surface area contributed by atoms with Gasteiger partial charge in [0.25, 0.3) is 0 Å². The third kappa shape index (κ3) is 6.48. The van der Waals surface area contributed by atoms with Crippen LogP contribution in [0.3, 0.4) is 0 Å². The maximum atomic E-state index is 11.5. The van der Waals surface area contributed by atoms with Crippen LogP contribution in [0.2, 0.25) is 0 Å². The molecule has 0 saturated heterocycles. The summed E-state index contributed by atoms with van der Waals surface area (Å²) in [5.74, 6) is 0.804. The van der Waals surface area contributed by atoms with E-state index in [0.717, 1.165) is 25.4 Å². The van der Waals surface area contributed by atoms with E-state index in [4.69, 9.17) is 4.74 Å². The molecule has 0 unspecified atom stereocenters. The molecule has 0 spiro atoms. The van der Waals surface area contributed by atoms with Gasteiger partial charge in [0.1, 0.15) is 5.60 Å². The highest BCUT2D eigenvalue weighted by Crippen LogP contribution is 2.40. The fourth-order valence-electron chi connectivity index (χ4n) is 2.32. The highest BCUT2D eigenvalue weighted by Gasteiger charge is 2.23. The number of carbonyl (C=O) groups is 1. The van der Waals surface area contributed by atoms with Gasteiger partial charge in [0, 0.05) is 13.1 Å². The summed E-state index contributed by atoms with van der Waals surface area (Å²) < 4.78 is 5.18. The molecule has 0 aromatic heterocycles. The summed E-state index contributed by atoms with van der Waals surface area (Å²) in [6, 6.07) is 8.85. The molecular weight excluding hydrogens is 276 g/mol. The molecule has 0 atom stereocenters. The van der Waals surface area contributed by atoms with Crippen LogP contribution in [0.5, 0.6) is 0 Å². The van der Waals surface area contributed by atoms with Crippen LogP contribution in [0, 0.1) is 0 Å². The lowest BCUT2D eigenvalue weighted by Crippen LogP contribution is -2.33. The minimum absolute atomic E-state index is 0.343. The maximum Gasteiger partial charge on any atom is 0.407 e. The molecule has 4 heteroatoms. The van der Waals surface area contributed by atoms with Crippen LogP contribution in [-0.2, 0) is 11.3 Å². The minimum Gasteiger partial charge on any atom is -0.444 e. The first-order valence-electron chi connectivity index (χ1n) is 8.20. The Balaban J connectivity index is 1.56. The van der Waals surface area contributed by atoms with Crippen molar-refractivity contribution in [2.45, 2.75) is 58.1 Å². The van der Waals surface area contributed by atoms with Crippen molar-refractivity contribution in [3.05, 3.63) is 35.4 Å². The Hall–Kier alpha value is -1.55. The zero-order chi connectivity index (χ0) is 16.0. The lowest BCUT2D eigenvalue weighted by molar-refractivity contribution is 0.0527. The standard InChI is InChI=1S/C18H28N2O2/c1-18(2,3)22-17(21)20-11-5-10-19-13-14-6-4-7-16(12-14)15-8-9-15/h4,6-7,12,15,19H,5,8-11,13H2,1-3H3,(H,20,21). The third-order valence-corrected chi connectivity index (χ3v) is 3.53. The van der Waals surface area contributed by atoms with E-state index in [1.54, 1.807) is 0 Å². The second-order valence-corrected chi connectivity index (χ2v) is 6.98. The Morgan fingerprint density at radius 3 is 2.73 bits per heavy atom. The number of alkyl carbamates (subject to hydrolysis) is 1. The SMILES string of the molecule is CC(C)(C)OC(=O)NCCCNCc1cccc(C2CC2)c1. The number of amides is 1. The highest BCUT2D eigenvalue weighted by molar-refractivity contribution is 5.67. The van der Waals surface area contributed by atoms with Gasteiger partial charge in [-0.05, 0) is 63.6 Å². The molecule has 2 rings (SSSR count). The zero-order valence-corrected chi connectivity index (χ0v) is 13.9. The van der Waals surface area contributed by atoms with Crippen molar-refractivity contribution >= 4 is 6.09 Å². The van der Waals surface area contributed by atoms with E-state index in [1.165, 1.54) is 24.0 Å². The Kier molecular flexibility index (Phi) is 5.83. The first-order chi connectivity index (χ1) is 10.4. The second-order valence-electron chi connectivity index (χ2n) is 6.98. The van der Waals surface area contributed by atoms with Crippen molar-refractivity contribution in [3.8, 4) is 0 Å². The summed E-state index contributed by atoms with van der Waals surface area (Å²) in [5.41, 5.74) is 2.38. The number of carbonyl (C=O) groups excluding carboxylic acids is 1. The first kappa shape index (κ1) is 16.8. The highest BCUT2D eigenvalue weighted by atomic mass is 16.6. The van der Waals surface area contributed by atoms with Gasteiger partial charge in [-0.2, -0.15) is 0 Å². The zero-order valence-electron chi connectivity index (χ0n) is 13.9. The largest absolute Gasteiger partial charge is 0.444 e. The van der Waals surface area contributed by atoms with Gasteiger partial charge >= 0.3 is 6.09 Å².